The molecule has 0 bridgehead atoms. The smallest absolute Gasteiger partial charge is 0.0107 e. The summed E-state index contributed by atoms with van der Waals surface area (Å²) in [7, 11) is 4.31. The van der Waals surface area contributed by atoms with Crippen LogP contribution in [0.4, 0.5) is 0 Å². The van der Waals surface area contributed by atoms with E-state index >= 15 is 0 Å². The molecule has 0 heterocycles. The average Bonchev–Trinajstić information content (AvgIpc) is 2.36. The minimum Gasteiger partial charge on any atom is -0.318 e. The highest BCUT2D eigenvalue weighted by molar-refractivity contribution is 4.80. The van der Waals surface area contributed by atoms with Gasteiger partial charge in [-0.05, 0) is 45.2 Å². The molecule has 1 atom stereocenters. The van der Waals surface area contributed by atoms with Crippen molar-refractivity contribution in [2.75, 3.05) is 27.2 Å². The molecule has 0 aromatic heterocycles. The molecule has 90 valence electrons. The Kier molecular flexibility index (Phi) is 5.07. The molecule has 0 saturated heterocycles. The standard InChI is InChI=1S/C13H28N2/c1-13(2)8-5-6-12(7-9-13)15(4)11-10-14-3/h12,14H,5-11H2,1-4H3. The molecule has 1 fully saturated rings. The average molecular weight is 212 g/mol. The minimum atomic E-state index is 0.582. The fraction of sp³-hybridized carbons (Fsp3) is 1.00. The van der Waals surface area contributed by atoms with Gasteiger partial charge in [0.05, 0.1) is 0 Å². The summed E-state index contributed by atoms with van der Waals surface area (Å²) in [5, 5.41) is 3.23. The predicted molar refractivity (Wildman–Crippen MR) is 67.2 cm³/mol. The molecule has 1 unspecified atom stereocenters. The molecule has 15 heavy (non-hydrogen) atoms. The Balaban J connectivity index is 2.36. The van der Waals surface area contributed by atoms with Crippen molar-refractivity contribution in [2.24, 2.45) is 5.41 Å². The Hall–Kier alpha value is -0.0800. The molecule has 2 heteroatoms. The Morgan fingerprint density at radius 2 is 2.00 bits per heavy atom. The second kappa shape index (κ2) is 5.86. The van der Waals surface area contributed by atoms with Gasteiger partial charge in [0, 0.05) is 19.1 Å². The molecule has 1 aliphatic carbocycles. The van der Waals surface area contributed by atoms with Crippen LogP contribution in [0.25, 0.3) is 0 Å². The lowest BCUT2D eigenvalue weighted by Crippen LogP contribution is -2.36. The fourth-order valence-corrected chi connectivity index (χ4v) is 2.55. The number of nitrogens with zero attached hydrogens (tertiary/aromatic N) is 1. The van der Waals surface area contributed by atoms with E-state index in [1.807, 2.05) is 7.05 Å². The lowest BCUT2D eigenvalue weighted by Gasteiger charge is -2.27. The molecular formula is C13H28N2. The molecule has 2 nitrogen and oxygen atoms in total. The predicted octanol–water partition coefficient (Wildman–Crippen LogP) is 2.50. The van der Waals surface area contributed by atoms with Crippen LogP contribution in [0.1, 0.15) is 46.0 Å². The van der Waals surface area contributed by atoms with Crippen LogP contribution in [0.3, 0.4) is 0 Å². The van der Waals surface area contributed by atoms with E-state index in [1.54, 1.807) is 0 Å². The maximum atomic E-state index is 3.23. The first kappa shape index (κ1) is 13.0. The van der Waals surface area contributed by atoms with Crippen molar-refractivity contribution in [1.82, 2.24) is 10.2 Å². The van der Waals surface area contributed by atoms with Crippen molar-refractivity contribution in [3.63, 3.8) is 0 Å². The SMILES string of the molecule is CNCCN(C)C1CCCC(C)(C)CC1. The molecule has 1 saturated carbocycles. The van der Waals surface area contributed by atoms with Gasteiger partial charge in [-0.15, -0.1) is 0 Å². The van der Waals surface area contributed by atoms with E-state index < -0.39 is 0 Å². The summed E-state index contributed by atoms with van der Waals surface area (Å²) in [6.45, 7) is 7.13. The van der Waals surface area contributed by atoms with Crippen LogP contribution < -0.4 is 5.32 Å². The van der Waals surface area contributed by atoms with Gasteiger partial charge in [-0.2, -0.15) is 0 Å². The molecule has 0 radical (unpaired) electrons. The van der Waals surface area contributed by atoms with Crippen molar-refractivity contribution >= 4 is 0 Å². The number of likely N-dealkylation sites (N-methyl/N-ethyl adjacent to an activating group) is 2. The van der Waals surface area contributed by atoms with Crippen molar-refractivity contribution < 1.29 is 0 Å². The highest BCUT2D eigenvalue weighted by Crippen LogP contribution is 2.34. The zero-order valence-corrected chi connectivity index (χ0v) is 11.0. The number of nitrogens with one attached hydrogen (secondary N) is 1. The highest BCUT2D eigenvalue weighted by Gasteiger charge is 2.25. The van der Waals surface area contributed by atoms with Crippen LogP contribution in [-0.2, 0) is 0 Å². The van der Waals surface area contributed by atoms with Gasteiger partial charge in [-0.3, -0.25) is 0 Å². The van der Waals surface area contributed by atoms with Gasteiger partial charge in [0.2, 0.25) is 0 Å². The van der Waals surface area contributed by atoms with Gasteiger partial charge in [0.25, 0.3) is 0 Å². The van der Waals surface area contributed by atoms with Gasteiger partial charge in [0.1, 0.15) is 0 Å². The van der Waals surface area contributed by atoms with Crippen molar-refractivity contribution in [1.29, 1.82) is 0 Å². The van der Waals surface area contributed by atoms with E-state index in [1.165, 1.54) is 38.6 Å². The van der Waals surface area contributed by atoms with Crippen LogP contribution in [0.5, 0.6) is 0 Å². The third kappa shape index (κ3) is 4.52. The molecule has 1 N–H and O–H groups in total. The maximum absolute atomic E-state index is 3.23. The normalized spacial score (nSPS) is 26.6. The second-order valence-corrected chi connectivity index (χ2v) is 5.83. The Morgan fingerprint density at radius 3 is 2.67 bits per heavy atom. The topological polar surface area (TPSA) is 15.3 Å². The molecule has 0 aromatic rings. The zero-order chi connectivity index (χ0) is 11.3. The van der Waals surface area contributed by atoms with Crippen molar-refractivity contribution in [2.45, 2.75) is 52.0 Å². The van der Waals surface area contributed by atoms with E-state index in [-0.39, 0.29) is 0 Å². The molecule has 1 aliphatic rings. The second-order valence-electron chi connectivity index (χ2n) is 5.83. The van der Waals surface area contributed by atoms with Gasteiger partial charge >= 0.3 is 0 Å². The molecule has 0 amide bonds. The van der Waals surface area contributed by atoms with E-state index in [0.29, 0.717) is 5.41 Å². The quantitative estimate of drug-likeness (QED) is 0.720. The first-order chi connectivity index (χ1) is 7.05. The molecule has 1 rings (SSSR count). The van der Waals surface area contributed by atoms with Gasteiger partial charge < -0.3 is 10.2 Å². The monoisotopic (exact) mass is 212 g/mol. The largest absolute Gasteiger partial charge is 0.318 e. The summed E-state index contributed by atoms with van der Waals surface area (Å²) >= 11 is 0. The Morgan fingerprint density at radius 1 is 1.27 bits per heavy atom. The van der Waals surface area contributed by atoms with Crippen LogP contribution >= 0.6 is 0 Å². The number of hydrogen-bond donors (Lipinski definition) is 1. The fourth-order valence-electron chi connectivity index (χ4n) is 2.55. The van der Waals surface area contributed by atoms with Crippen molar-refractivity contribution in [3.05, 3.63) is 0 Å². The summed E-state index contributed by atoms with van der Waals surface area (Å²) in [6, 6.07) is 0.820. The molecule has 0 aliphatic heterocycles. The van der Waals surface area contributed by atoms with Gasteiger partial charge in [0.15, 0.2) is 0 Å². The van der Waals surface area contributed by atoms with E-state index in [4.69, 9.17) is 0 Å². The van der Waals surface area contributed by atoms with Crippen molar-refractivity contribution in [3.8, 4) is 0 Å². The lowest BCUT2D eigenvalue weighted by atomic mass is 9.85. The zero-order valence-electron chi connectivity index (χ0n) is 11.0. The van der Waals surface area contributed by atoms with Crippen LogP contribution in [0.2, 0.25) is 0 Å². The summed E-state index contributed by atoms with van der Waals surface area (Å²) in [5.74, 6) is 0. The highest BCUT2D eigenvalue weighted by atomic mass is 15.1. The first-order valence-corrected chi connectivity index (χ1v) is 6.40. The summed E-state index contributed by atoms with van der Waals surface area (Å²) in [6.07, 6.45) is 6.98. The number of rotatable bonds is 4. The Bertz CT molecular complexity index is 177. The Labute approximate surface area is 95.4 Å². The lowest BCUT2D eigenvalue weighted by molar-refractivity contribution is 0.215. The minimum absolute atomic E-state index is 0.582. The van der Waals surface area contributed by atoms with Crippen LogP contribution in [0, 0.1) is 5.41 Å². The first-order valence-electron chi connectivity index (χ1n) is 6.40. The van der Waals surface area contributed by atoms with E-state index in [0.717, 1.165) is 12.6 Å². The summed E-state index contributed by atoms with van der Waals surface area (Å²) < 4.78 is 0. The van der Waals surface area contributed by atoms with E-state index in [2.05, 4.69) is 31.1 Å². The van der Waals surface area contributed by atoms with Gasteiger partial charge in [-0.25, -0.2) is 0 Å². The summed E-state index contributed by atoms with van der Waals surface area (Å²) in [5.41, 5.74) is 0.582. The molecule has 0 spiro atoms. The molecular weight excluding hydrogens is 184 g/mol. The third-order valence-electron chi connectivity index (χ3n) is 3.88. The third-order valence-corrected chi connectivity index (χ3v) is 3.88. The molecule has 0 aromatic carbocycles. The summed E-state index contributed by atoms with van der Waals surface area (Å²) in [4.78, 5) is 2.54. The maximum Gasteiger partial charge on any atom is 0.0107 e. The van der Waals surface area contributed by atoms with Gasteiger partial charge in [-0.1, -0.05) is 20.3 Å². The van der Waals surface area contributed by atoms with E-state index in [9.17, 15) is 0 Å². The number of hydrogen-bond acceptors (Lipinski definition) is 2. The van der Waals surface area contributed by atoms with Crippen LogP contribution in [-0.4, -0.2) is 38.1 Å². The van der Waals surface area contributed by atoms with Crippen LogP contribution in [0.15, 0.2) is 0 Å².